The Balaban J connectivity index is 1.94. The third-order valence-corrected chi connectivity index (χ3v) is 5.84. The molecular formula is C24H29NO4. The zero-order valence-corrected chi connectivity index (χ0v) is 17.2. The number of methoxy groups -OCH3 is 1. The molecule has 3 atom stereocenters. The van der Waals surface area contributed by atoms with Gasteiger partial charge in [-0.15, -0.1) is 0 Å². The smallest absolute Gasteiger partial charge is 0.307 e. The van der Waals surface area contributed by atoms with Crippen LogP contribution in [0.3, 0.4) is 0 Å². The number of nitrogens with one attached hydrogen (secondary N) is 1. The lowest BCUT2D eigenvalue weighted by Gasteiger charge is -2.25. The van der Waals surface area contributed by atoms with Crippen LogP contribution < -0.4 is 10.1 Å². The summed E-state index contributed by atoms with van der Waals surface area (Å²) in [5.41, 5.74) is 3.02. The predicted molar refractivity (Wildman–Crippen MR) is 112 cm³/mol. The van der Waals surface area contributed by atoms with Gasteiger partial charge in [-0.05, 0) is 36.0 Å². The number of carbonyl (C=O) groups is 2. The van der Waals surface area contributed by atoms with Crippen LogP contribution in [0.25, 0.3) is 0 Å². The molecule has 2 N–H and O–H groups in total. The van der Waals surface area contributed by atoms with E-state index in [1.165, 1.54) is 5.56 Å². The monoisotopic (exact) mass is 395 g/mol. The zero-order valence-electron chi connectivity index (χ0n) is 17.2. The number of amides is 1. The van der Waals surface area contributed by atoms with Crippen LogP contribution in [0.1, 0.15) is 61.8 Å². The van der Waals surface area contributed by atoms with Crippen molar-refractivity contribution in [2.24, 2.45) is 11.8 Å². The van der Waals surface area contributed by atoms with Gasteiger partial charge in [0.1, 0.15) is 5.75 Å². The minimum Gasteiger partial charge on any atom is -0.496 e. The van der Waals surface area contributed by atoms with Crippen LogP contribution in [0.4, 0.5) is 0 Å². The molecule has 1 fully saturated rings. The van der Waals surface area contributed by atoms with Gasteiger partial charge >= 0.3 is 5.97 Å². The molecule has 0 saturated heterocycles. The van der Waals surface area contributed by atoms with E-state index < -0.39 is 23.8 Å². The van der Waals surface area contributed by atoms with Crippen molar-refractivity contribution in [3.8, 4) is 5.75 Å². The molecule has 0 heterocycles. The molecule has 0 aliphatic heterocycles. The van der Waals surface area contributed by atoms with Crippen molar-refractivity contribution in [3.63, 3.8) is 0 Å². The Labute approximate surface area is 172 Å². The van der Waals surface area contributed by atoms with Crippen molar-refractivity contribution in [2.45, 2.75) is 45.1 Å². The van der Waals surface area contributed by atoms with Crippen molar-refractivity contribution in [1.29, 1.82) is 0 Å². The van der Waals surface area contributed by atoms with Gasteiger partial charge in [0.15, 0.2) is 0 Å². The average Bonchev–Trinajstić information content (AvgIpc) is 3.22. The number of ether oxygens (including phenoxy) is 1. The van der Waals surface area contributed by atoms with Gasteiger partial charge in [-0.1, -0.05) is 62.7 Å². The van der Waals surface area contributed by atoms with Crippen molar-refractivity contribution >= 4 is 11.9 Å². The molecule has 0 aromatic heterocycles. The standard InChI is InChI=1S/C24H29NO4/c1-15(2)16-11-13-17(14-12-16)22(20-7-4-5-10-21(20)29-3)25-23(26)18-8-6-9-19(18)24(27)28/h4-5,7,10-15,18-19,22H,6,8-9H2,1-3H3,(H,25,26)(H,27,28)/t18-,19+,22-/m1/s1. The normalized spacial score (nSPS) is 19.7. The average molecular weight is 395 g/mol. The number of carbonyl (C=O) groups excluding carboxylic acids is 1. The fraction of sp³-hybridized carbons (Fsp3) is 0.417. The summed E-state index contributed by atoms with van der Waals surface area (Å²) in [5.74, 6) is -1.11. The summed E-state index contributed by atoms with van der Waals surface area (Å²) in [6.45, 7) is 4.28. The van der Waals surface area contributed by atoms with E-state index in [1.807, 2.05) is 36.4 Å². The number of benzene rings is 2. The van der Waals surface area contributed by atoms with Gasteiger partial charge in [0.25, 0.3) is 0 Å². The van der Waals surface area contributed by atoms with Gasteiger partial charge in [0.2, 0.25) is 5.91 Å². The molecule has 5 nitrogen and oxygen atoms in total. The summed E-state index contributed by atoms with van der Waals surface area (Å²) in [5, 5.41) is 12.6. The molecule has 5 heteroatoms. The highest BCUT2D eigenvalue weighted by Gasteiger charge is 2.38. The molecule has 0 bridgehead atoms. The fourth-order valence-corrected chi connectivity index (χ4v) is 4.14. The topological polar surface area (TPSA) is 75.6 Å². The van der Waals surface area contributed by atoms with E-state index in [-0.39, 0.29) is 5.91 Å². The number of aliphatic carboxylic acids is 1. The molecule has 1 aliphatic carbocycles. The lowest BCUT2D eigenvalue weighted by molar-refractivity contribution is -0.146. The number of carboxylic acids is 1. The molecule has 0 radical (unpaired) electrons. The molecule has 1 amide bonds. The number of para-hydroxylation sites is 1. The maximum Gasteiger partial charge on any atom is 0.307 e. The molecule has 0 unspecified atom stereocenters. The van der Waals surface area contributed by atoms with Gasteiger partial charge in [-0.25, -0.2) is 0 Å². The molecular weight excluding hydrogens is 366 g/mol. The van der Waals surface area contributed by atoms with E-state index >= 15 is 0 Å². The van der Waals surface area contributed by atoms with Gasteiger partial charge in [-0.2, -0.15) is 0 Å². The first-order chi connectivity index (χ1) is 13.9. The van der Waals surface area contributed by atoms with Crippen LogP contribution in [-0.4, -0.2) is 24.1 Å². The Morgan fingerprint density at radius 3 is 2.24 bits per heavy atom. The van der Waals surface area contributed by atoms with Crippen molar-refractivity contribution in [3.05, 3.63) is 65.2 Å². The van der Waals surface area contributed by atoms with E-state index in [0.717, 1.165) is 17.5 Å². The van der Waals surface area contributed by atoms with Crippen LogP contribution in [0.15, 0.2) is 48.5 Å². The van der Waals surface area contributed by atoms with Crippen LogP contribution in [-0.2, 0) is 9.59 Å². The third-order valence-electron chi connectivity index (χ3n) is 5.84. The Morgan fingerprint density at radius 2 is 1.62 bits per heavy atom. The summed E-state index contributed by atoms with van der Waals surface area (Å²) in [4.78, 5) is 24.6. The summed E-state index contributed by atoms with van der Waals surface area (Å²) in [7, 11) is 1.61. The summed E-state index contributed by atoms with van der Waals surface area (Å²) < 4.78 is 5.53. The second-order valence-electron chi connectivity index (χ2n) is 7.99. The van der Waals surface area contributed by atoms with Crippen LogP contribution in [0.5, 0.6) is 5.75 Å². The van der Waals surface area contributed by atoms with Gasteiger partial charge in [0.05, 0.1) is 25.0 Å². The summed E-state index contributed by atoms with van der Waals surface area (Å²) in [6.07, 6.45) is 1.92. The highest BCUT2D eigenvalue weighted by Crippen LogP contribution is 2.35. The van der Waals surface area contributed by atoms with Crippen LogP contribution in [0.2, 0.25) is 0 Å². The Morgan fingerprint density at radius 1 is 1.00 bits per heavy atom. The van der Waals surface area contributed by atoms with E-state index in [2.05, 4.69) is 31.3 Å². The molecule has 154 valence electrons. The quantitative estimate of drug-likeness (QED) is 0.722. The van der Waals surface area contributed by atoms with Crippen molar-refractivity contribution < 1.29 is 19.4 Å². The first kappa shape index (κ1) is 20.9. The van der Waals surface area contributed by atoms with Gasteiger partial charge in [-0.3, -0.25) is 9.59 Å². The minimum atomic E-state index is -0.891. The lowest BCUT2D eigenvalue weighted by Crippen LogP contribution is -2.38. The largest absolute Gasteiger partial charge is 0.496 e. The van der Waals surface area contributed by atoms with Crippen molar-refractivity contribution in [2.75, 3.05) is 7.11 Å². The van der Waals surface area contributed by atoms with Gasteiger partial charge < -0.3 is 15.2 Å². The lowest BCUT2D eigenvalue weighted by atomic mass is 9.92. The van der Waals surface area contributed by atoms with Crippen molar-refractivity contribution in [1.82, 2.24) is 5.32 Å². The molecule has 2 aromatic rings. The number of hydrogen-bond donors (Lipinski definition) is 2. The van der Waals surface area contributed by atoms with Crippen LogP contribution in [0, 0.1) is 11.8 Å². The van der Waals surface area contributed by atoms with E-state index in [0.29, 0.717) is 24.5 Å². The molecule has 29 heavy (non-hydrogen) atoms. The fourth-order valence-electron chi connectivity index (χ4n) is 4.14. The molecule has 0 spiro atoms. The molecule has 3 rings (SSSR count). The second kappa shape index (κ2) is 9.12. The SMILES string of the molecule is COc1ccccc1[C@H](NC(=O)[C@@H]1CCC[C@@H]1C(=O)O)c1ccc(C(C)C)cc1. The summed E-state index contributed by atoms with van der Waals surface area (Å²) >= 11 is 0. The summed E-state index contributed by atoms with van der Waals surface area (Å²) in [6, 6.07) is 15.4. The molecule has 1 aliphatic rings. The highest BCUT2D eigenvalue weighted by atomic mass is 16.5. The maximum absolute atomic E-state index is 13.1. The number of carboxylic acid groups (broad SMARTS) is 1. The zero-order chi connectivity index (χ0) is 21.0. The first-order valence-corrected chi connectivity index (χ1v) is 10.2. The third kappa shape index (κ3) is 4.61. The Kier molecular flexibility index (Phi) is 6.57. The first-order valence-electron chi connectivity index (χ1n) is 10.2. The van der Waals surface area contributed by atoms with E-state index in [1.54, 1.807) is 7.11 Å². The van der Waals surface area contributed by atoms with Gasteiger partial charge in [0, 0.05) is 5.56 Å². The Bertz CT molecular complexity index is 859. The Hall–Kier alpha value is -2.82. The molecule has 2 aromatic carbocycles. The second-order valence-corrected chi connectivity index (χ2v) is 7.99. The minimum absolute atomic E-state index is 0.209. The predicted octanol–water partition coefficient (Wildman–Crippen LogP) is 4.53. The van der Waals surface area contributed by atoms with E-state index in [4.69, 9.17) is 4.74 Å². The van der Waals surface area contributed by atoms with E-state index in [9.17, 15) is 14.7 Å². The van der Waals surface area contributed by atoms with Crippen LogP contribution >= 0.6 is 0 Å². The highest BCUT2D eigenvalue weighted by molar-refractivity contribution is 5.85. The maximum atomic E-state index is 13.1. The number of rotatable bonds is 7. The number of hydrogen-bond acceptors (Lipinski definition) is 3. The molecule has 1 saturated carbocycles.